The molecule has 7 nitrogen and oxygen atoms in total. The monoisotopic (exact) mass is 466 g/mol. The highest BCUT2D eigenvalue weighted by molar-refractivity contribution is 8.00. The van der Waals surface area contributed by atoms with Gasteiger partial charge in [-0.15, -0.1) is 0 Å². The summed E-state index contributed by atoms with van der Waals surface area (Å²) in [6.07, 6.45) is 0. The van der Waals surface area contributed by atoms with Gasteiger partial charge in [-0.2, -0.15) is 0 Å². The van der Waals surface area contributed by atoms with E-state index >= 15 is 0 Å². The first-order chi connectivity index (χ1) is 16.0. The molecule has 0 saturated carbocycles. The van der Waals surface area contributed by atoms with Crippen LogP contribution < -0.4 is 10.3 Å². The molecule has 4 rings (SSSR count). The molecule has 0 radical (unpaired) electrons. The second kappa shape index (κ2) is 10.4. The highest BCUT2D eigenvalue weighted by atomic mass is 32.2. The van der Waals surface area contributed by atoms with Gasteiger partial charge in [0.25, 0.3) is 5.56 Å². The third-order valence-electron chi connectivity index (χ3n) is 5.91. The molecule has 3 aromatic rings. The molecule has 0 spiro atoms. The maximum Gasteiger partial charge on any atom is 0.266 e. The summed E-state index contributed by atoms with van der Waals surface area (Å²) in [5, 5.41) is 0.696. The number of likely N-dealkylation sites (N-methyl/N-ethyl adjacent to an activating group) is 1. The first-order valence-electron chi connectivity index (χ1n) is 11.4. The van der Waals surface area contributed by atoms with E-state index in [9.17, 15) is 9.59 Å². The van der Waals surface area contributed by atoms with Gasteiger partial charge in [0, 0.05) is 26.2 Å². The number of rotatable bonds is 7. The van der Waals surface area contributed by atoms with Crippen molar-refractivity contribution < 1.29 is 9.53 Å². The van der Waals surface area contributed by atoms with Crippen molar-refractivity contribution in [2.24, 2.45) is 0 Å². The van der Waals surface area contributed by atoms with Crippen LogP contribution in [0.3, 0.4) is 0 Å². The van der Waals surface area contributed by atoms with Crippen LogP contribution in [0.1, 0.15) is 20.8 Å². The molecular formula is C25H30N4O3S. The van der Waals surface area contributed by atoms with Crippen molar-refractivity contribution in [2.75, 3.05) is 39.3 Å². The molecule has 1 unspecified atom stereocenters. The summed E-state index contributed by atoms with van der Waals surface area (Å²) in [7, 11) is 0. The highest BCUT2D eigenvalue weighted by Crippen LogP contribution is 2.27. The van der Waals surface area contributed by atoms with Gasteiger partial charge in [-0.25, -0.2) is 4.98 Å². The van der Waals surface area contributed by atoms with E-state index in [1.54, 1.807) is 10.6 Å². The average Bonchev–Trinajstić information content (AvgIpc) is 2.85. The van der Waals surface area contributed by atoms with Crippen LogP contribution in [0.25, 0.3) is 16.6 Å². The summed E-state index contributed by atoms with van der Waals surface area (Å²) in [6.45, 7) is 10.8. The maximum absolute atomic E-state index is 13.5. The molecule has 1 aliphatic rings. The molecule has 1 atom stereocenters. The minimum atomic E-state index is -0.361. The molecule has 8 heteroatoms. The van der Waals surface area contributed by atoms with E-state index in [4.69, 9.17) is 9.72 Å². The van der Waals surface area contributed by atoms with Gasteiger partial charge in [0.2, 0.25) is 5.91 Å². The molecule has 2 heterocycles. The van der Waals surface area contributed by atoms with Crippen LogP contribution in [0.15, 0.2) is 58.5 Å². The van der Waals surface area contributed by atoms with E-state index in [0.29, 0.717) is 28.4 Å². The van der Waals surface area contributed by atoms with Crippen LogP contribution in [-0.4, -0.2) is 69.8 Å². The molecular weight excluding hydrogens is 436 g/mol. The molecule has 0 aliphatic carbocycles. The summed E-state index contributed by atoms with van der Waals surface area (Å²) in [4.78, 5) is 35.7. The standard InChI is InChI=1S/C25H30N4O3S/c1-4-27-14-16-28(17-15-27)23(30)18(3)33-25-26-22-9-7-6-8-21(22)24(31)29(25)19-10-12-20(13-11-19)32-5-2/h6-13,18H,4-5,14-17H2,1-3H3. The fourth-order valence-corrected chi connectivity index (χ4v) is 5.04. The Hall–Kier alpha value is -2.84. The third-order valence-corrected chi connectivity index (χ3v) is 6.95. The van der Waals surface area contributed by atoms with Crippen LogP contribution in [-0.2, 0) is 4.79 Å². The highest BCUT2D eigenvalue weighted by Gasteiger charge is 2.27. The second-order valence-electron chi connectivity index (χ2n) is 8.00. The van der Waals surface area contributed by atoms with Gasteiger partial charge in [0.15, 0.2) is 5.16 Å². The van der Waals surface area contributed by atoms with Gasteiger partial charge >= 0.3 is 0 Å². The van der Waals surface area contributed by atoms with Crippen LogP contribution in [0.2, 0.25) is 0 Å². The van der Waals surface area contributed by atoms with E-state index in [0.717, 1.165) is 38.5 Å². The summed E-state index contributed by atoms with van der Waals surface area (Å²) in [6, 6.07) is 14.7. The minimum absolute atomic E-state index is 0.0800. The zero-order valence-electron chi connectivity index (χ0n) is 19.4. The average molecular weight is 467 g/mol. The topological polar surface area (TPSA) is 67.7 Å². The number of ether oxygens (including phenoxy) is 1. The van der Waals surface area contributed by atoms with Crippen molar-refractivity contribution in [3.63, 3.8) is 0 Å². The number of thioether (sulfide) groups is 1. The lowest BCUT2D eigenvalue weighted by molar-refractivity contribution is -0.132. The Morgan fingerprint density at radius 1 is 1.06 bits per heavy atom. The van der Waals surface area contributed by atoms with E-state index in [2.05, 4.69) is 11.8 Å². The van der Waals surface area contributed by atoms with Crippen molar-refractivity contribution in [3.8, 4) is 11.4 Å². The largest absolute Gasteiger partial charge is 0.494 e. The van der Waals surface area contributed by atoms with Gasteiger partial charge in [-0.1, -0.05) is 30.8 Å². The number of carbonyl (C=O) groups excluding carboxylic acids is 1. The number of carbonyl (C=O) groups is 1. The number of nitrogens with zero attached hydrogens (tertiary/aromatic N) is 4. The smallest absolute Gasteiger partial charge is 0.266 e. The van der Waals surface area contributed by atoms with Gasteiger partial charge in [-0.05, 0) is 56.8 Å². The van der Waals surface area contributed by atoms with Crippen molar-refractivity contribution >= 4 is 28.6 Å². The molecule has 33 heavy (non-hydrogen) atoms. The van der Waals surface area contributed by atoms with Crippen molar-refractivity contribution in [2.45, 2.75) is 31.2 Å². The Morgan fingerprint density at radius 2 is 1.76 bits per heavy atom. The van der Waals surface area contributed by atoms with Crippen LogP contribution in [0.5, 0.6) is 5.75 Å². The van der Waals surface area contributed by atoms with Crippen LogP contribution in [0.4, 0.5) is 0 Å². The van der Waals surface area contributed by atoms with Crippen molar-refractivity contribution in [3.05, 3.63) is 58.9 Å². The van der Waals surface area contributed by atoms with Crippen molar-refractivity contribution in [1.82, 2.24) is 19.4 Å². The van der Waals surface area contributed by atoms with E-state index < -0.39 is 0 Å². The number of amides is 1. The lowest BCUT2D eigenvalue weighted by Crippen LogP contribution is -2.50. The number of aromatic nitrogens is 2. The van der Waals surface area contributed by atoms with Gasteiger partial charge in [0.05, 0.1) is 28.4 Å². The Balaban J connectivity index is 1.66. The molecule has 2 aromatic carbocycles. The molecule has 1 aliphatic heterocycles. The normalized spacial score (nSPS) is 15.5. The maximum atomic E-state index is 13.5. The molecule has 1 amide bonds. The number of hydrogen-bond donors (Lipinski definition) is 0. The first kappa shape index (κ1) is 23.3. The Morgan fingerprint density at radius 3 is 2.42 bits per heavy atom. The van der Waals surface area contributed by atoms with Crippen LogP contribution >= 0.6 is 11.8 Å². The molecule has 1 saturated heterocycles. The summed E-state index contributed by atoms with van der Waals surface area (Å²) in [5.41, 5.74) is 1.17. The van der Waals surface area contributed by atoms with Crippen molar-refractivity contribution in [1.29, 1.82) is 0 Å². The number of piperazine rings is 1. The van der Waals surface area contributed by atoms with E-state index in [-0.39, 0.29) is 16.7 Å². The third kappa shape index (κ3) is 5.07. The molecule has 0 bridgehead atoms. The Labute approximate surface area is 198 Å². The predicted molar refractivity (Wildman–Crippen MR) is 133 cm³/mol. The fourth-order valence-electron chi connectivity index (χ4n) is 4.03. The molecule has 1 fully saturated rings. The first-order valence-corrected chi connectivity index (χ1v) is 12.3. The zero-order valence-corrected chi connectivity index (χ0v) is 20.2. The SMILES string of the molecule is CCOc1ccc(-n2c(SC(C)C(=O)N3CCN(CC)CC3)nc3ccccc3c2=O)cc1. The Kier molecular flexibility index (Phi) is 7.35. The van der Waals surface area contributed by atoms with E-state index in [1.807, 2.05) is 61.2 Å². The minimum Gasteiger partial charge on any atom is -0.494 e. The fraction of sp³-hybridized carbons (Fsp3) is 0.400. The summed E-state index contributed by atoms with van der Waals surface area (Å²) in [5.74, 6) is 0.823. The quantitative estimate of drug-likeness (QED) is 0.393. The zero-order chi connectivity index (χ0) is 23.4. The van der Waals surface area contributed by atoms with Gasteiger partial charge in [-0.3, -0.25) is 14.2 Å². The molecule has 0 N–H and O–H groups in total. The molecule has 1 aromatic heterocycles. The Bertz CT molecular complexity index is 1170. The lowest BCUT2D eigenvalue weighted by atomic mass is 10.2. The lowest BCUT2D eigenvalue weighted by Gasteiger charge is -2.35. The van der Waals surface area contributed by atoms with Crippen LogP contribution in [0, 0.1) is 0 Å². The number of fused-ring (bicyclic) bond motifs is 1. The summed E-state index contributed by atoms with van der Waals surface area (Å²) >= 11 is 1.33. The molecule has 174 valence electrons. The van der Waals surface area contributed by atoms with Gasteiger partial charge in [0.1, 0.15) is 5.75 Å². The van der Waals surface area contributed by atoms with Gasteiger partial charge < -0.3 is 14.5 Å². The van der Waals surface area contributed by atoms with E-state index in [1.165, 1.54) is 11.8 Å². The number of para-hydroxylation sites is 1. The number of hydrogen-bond acceptors (Lipinski definition) is 6. The predicted octanol–water partition coefficient (Wildman–Crippen LogP) is 3.43. The number of benzene rings is 2. The second-order valence-corrected chi connectivity index (χ2v) is 9.31. The summed E-state index contributed by atoms with van der Waals surface area (Å²) < 4.78 is 7.14.